The molecule has 4 rings (SSSR count). The van der Waals surface area contributed by atoms with Gasteiger partial charge in [0.1, 0.15) is 5.82 Å². The molecule has 0 spiro atoms. The molecule has 32 heavy (non-hydrogen) atoms. The molecule has 0 saturated heterocycles. The predicted molar refractivity (Wildman–Crippen MR) is 115 cm³/mol. The van der Waals surface area contributed by atoms with Gasteiger partial charge in [0.15, 0.2) is 11.6 Å². The number of hydrogen-bond donors (Lipinski definition) is 0. The maximum atomic E-state index is 15.4. The Morgan fingerprint density at radius 3 is 2.31 bits per heavy atom. The zero-order valence-electron chi connectivity index (χ0n) is 17.7. The molecule has 1 nitrogen and oxygen atoms in total. The monoisotopic (exact) mass is 446 g/mol. The first kappa shape index (κ1) is 22.3. The van der Waals surface area contributed by atoms with Crippen molar-refractivity contribution in [3.05, 3.63) is 76.9 Å². The van der Waals surface area contributed by atoms with E-state index < -0.39 is 23.7 Å². The van der Waals surface area contributed by atoms with Gasteiger partial charge in [-0.1, -0.05) is 56.2 Å². The van der Waals surface area contributed by atoms with Crippen LogP contribution in [0.15, 0.2) is 48.5 Å². The van der Waals surface area contributed by atoms with Gasteiger partial charge in [-0.3, -0.25) is 0 Å². The van der Waals surface area contributed by atoms with Gasteiger partial charge in [0, 0.05) is 5.56 Å². The first-order chi connectivity index (χ1) is 15.3. The lowest BCUT2D eigenvalue weighted by Gasteiger charge is -2.22. The molecule has 1 aliphatic carbocycles. The predicted octanol–water partition coefficient (Wildman–Crippen LogP) is 8.03. The number of alkyl halides is 3. The van der Waals surface area contributed by atoms with E-state index in [0.29, 0.717) is 18.4 Å². The highest BCUT2D eigenvalue weighted by Gasteiger charge is 2.32. The fourth-order valence-corrected chi connectivity index (χ4v) is 4.33. The van der Waals surface area contributed by atoms with Gasteiger partial charge in [0.25, 0.3) is 0 Å². The Morgan fingerprint density at radius 2 is 1.59 bits per heavy atom. The second kappa shape index (κ2) is 8.93. The number of aryl methyl sites for hydroxylation is 2. The molecule has 0 N–H and O–H groups in total. The van der Waals surface area contributed by atoms with Crippen molar-refractivity contribution in [2.75, 3.05) is 0 Å². The summed E-state index contributed by atoms with van der Waals surface area (Å²) < 4.78 is 70.3. The van der Waals surface area contributed by atoms with Gasteiger partial charge in [-0.2, -0.15) is 0 Å². The topological polar surface area (TPSA) is 9.23 Å². The van der Waals surface area contributed by atoms with Crippen LogP contribution in [0.3, 0.4) is 0 Å². The van der Waals surface area contributed by atoms with E-state index in [-0.39, 0.29) is 11.1 Å². The molecule has 0 aromatic heterocycles. The molecule has 3 aromatic rings. The highest BCUT2D eigenvalue weighted by Crippen LogP contribution is 2.39. The number of unbranched alkanes of at least 4 members (excludes halogenated alkanes) is 2. The third-order valence-corrected chi connectivity index (χ3v) is 5.88. The lowest BCUT2D eigenvalue weighted by molar-refractivity contribution is -0.275. The molecule has 6 heteroatoms. The van der Waals surface area contributed by atoms with Crippen molar-refractivity contribution in [1.82, 2.24) is 0 Å². The molecule has 0 radical (unpaired) electrons. The van der Waals surface area contributed by atoms with Crippen LogP contribution < -0.4 is 4.74 Å². The lowest BCUT2D eigenvalue weighted by atomic mass is 9.82. The molecule has 168 valence electrons. The number of benzene rings is 3. The van der Waals surface area contributed by atoms with E-state index in [1.54, 1.807) is 12.1 Å². The Hall–Kier alpha value is -2.89. The molecular formula is C26H23F5O. The Morgan fingerprint density at radius 1 is 0.844 bits per heavy atom. The number of rotatable bonds is 6. The largest absolute Gasteiger partial charge is 0.573 e. The summed E-state index contributed by atoms with van der Waals surface area (Å²) in [6.07, 6.45) is 0.756. The summed E-state index contributed by atoms with van der Waals surface area (Å²) in [4.78, 5) is 0. The Labute approximate surface area is 183 Å². The normalized spacial score (nSPS) is 12.9. The Balaban J connectivity index is 1.64. The summed E-state index contributed by atoms with van der Waals surface area (Å²) in [5.74, 6) is -2.61. The molecule has 0 fully saturated rings. The second-order valence-electron chi connectivity index (χ2n) is 8.09. The molecule has 0 bridgehead atoms. The molecule has 0 unspecified atom stereocenters. The van der Waals surface area contributed by atoms with E-state index in [0.717, 1.165) is 36.1 Å². The molecule has 3 aromatic carbocycles. The summed E-state index contributed by atoms with van der Waals surface area (Å²) >= 11 is 0. The van der Waals surface area contributed by atoms with E-state index in [2.05, 4.69) is 23.8 Å². The average molecular weight is 446 g/mol. The highest BCUT2D eigenvalue weighted by atomic mass is 19.4. The number of ether oxygens (including phenoxy) is 1. The summed E-state index contributed by atoms with van der Waals surface area (Å²) in [5, 5.41) is 0. The number of hydrogen-bond acceptors (Lipinski definition) is 1. The van der Waals surface area contributed by atoms with Crippen LogP contribution >= 0.6 is 0 Å². The van der Waals surface area contributed by atoms with Crippen LogP contribution in [-0.2, 0) is 19.3 Å². The van der Waals surface area contributed by atoms with Gasteiger partial charge in [-0.05, 0) is 71.2 Å². The maximum Gasteiger partial charge on any atom is 0.573 e. The smallest absolute Gasteiger partial charge is 0.403 e. The SMILES string of the molecule is CCCCCc1ccc2c(c1)CCc1c-2ccc(-c2ccc(OC(F)(F)F)c(F)c2)c1F. The van der Waals surface area contributed by atoms with Crippen molar-refractivity contribution < 1.29 is 26.7 Å². The molecule has 0 heterocycles. The summed E-state index contributed by atoms with van der Waals surface area (Å²) in [5.41, 5.74) is 5.15. The quantitative estimate of drug-likeness (QED) is 0.275. The van der Waals surface area contributed by atoms with Crippen molar-refractivity contribution in [3.8, 4) is 28.0 Å². The van der Waals surface area contributed by atoms with Gasteiger partial charge >= 0.3 is 6.36 Å². The van der Waals surface area contributed by atoms with Gasteiger partial charge in [-0.25, -0.2) is 8.78 Å². The van der Waals surface area contributed by atoms with Crippen LogP contribution in [-0.4, -0.2) is 6.36 Å². The highest BCUT2D eigenvalue weighted by molar-refractivity contribution is 5.78. The third-order valence-electron chi connectivity index (χ3n) is 5.88. The van der Waals surface area contributed by atoms with Crippen LogP contribution in [0.1, 0.15) is 42.9 Å². The minimum Gasteiger partial charge on any atom is -0.403 e. The maximum absolute atomic E-state index is 15.4. The van der Waals surface area contributed by atoms with E-state index >= 15 is 4.39 Å². The molecular weight excluding hydrogens is 423 g/mol. The van der Waals surface area contributed by atoms with Crippen molar-refractivity contribution in [2.45, 2.75) is 51.8 Å². The molecule has 1 aliphatic rings. The Bertz CT molecular complexity index is 1130. The first-order valence-corrected chi connectivity index (χ1v) is 10.8. The number of halogens is 5. The van der Waals surface area contributed by atoms with Gasteiger partial charge < -0.3 is 4.74 Å². The molecule has 0 saturated carbocycles. The average Bonchev–Trinajstić information content (AvgIpc) is 2.74. The summed E-state index contributed by atoms with van der Waals surface area (Å²) in [6.45, 7) is 2.17. The minimum atomic E-state index is -5.00. The summed E-state index contributed by atoms with van der Waals surface area (Å²) in [7, 11) is 0. The van der Waals surface area contributed by atoms with Crippen molar-refractivity contribution >= 4 is 0 Å². The molecule has 0 amide bonds. The fourth-order valence-electron chi connectivity index (χ4n) is 4.33. The number of fused-ring (bicyclic) bond motifs is 3. The van der Waals surface area contributed by atoms with Crippen LogP contribution in [0.25, 0.3) is 22.3 Å². The lowest BCUT2D eigenvalue weighted by Crippen LogP contribution is -2.17. The van der Waals surface area contributed by atoms with Crippen LogP contribution in [0.5, 0.6) is 5.75 Å². The fraction of sp³-hybridized carbons (Fsp3) is 0.308. The van der Waals surface area contributed by atoms with E-state index in [1.165, 1.54) is 30.0 Å². The van der Waals surface area contributed by atoms with Gasteiger partial charge in [0.05, 0.1) is 0 Å². The molecule has 0 aliphatic heterocycles. The first-order valence-electron chi connectivity index (χ1n) is 10.8. The van der Waals surface area contributed by atoms with Crippen LogP contribution in [0.4, 0.5) is 22.0 Å². The minimum absolute atomic E-state index is 0.154. The van der Waals surface area contributed by atoms with Gasteiger partial charge in [0.2, 0.25) is 0 Å². The van der Waals surface area contributed by atoms with Crippen LogP contribution in [0, 0.1) is 11.6 Å². The van der Waals surface area contributed by atoms with E-state index in [9.17, 15) is 17.6 Å². The zero-order chi connectivity index (χ0) is 22.9. The third kappa shape index (κ3) is 4.64. The van der Waals surface area contributed by atoms with Crippen molar-refractivity contribution in [3.63, 3.8) is 0 Å². The standard InChI is InChI=1S/C26H23F5O/c1-2-3-4-5-16-6-9-19-17(14-16)7-10-22-21(19)12-11-20(25(22)28)18-8-13-24(23(27)15-18)32-26(29,30)31/h6,8-9,11-15H,2-5,7,10H2,1H3. The molecule has 0 atom stereocenters. The Kier molecular flexibility index (Phi) is 6.22. The zero-order valence-corrected chi connectivity index (χ0v) is 17.7. The summed E-state index contributed by atoms with van der Waals surface area (Å²) in [6, 6.07) is 12.7. The van der Waals surface area contributed by atoms with Gasteiger partial charge in [-0.15, -0.1) is 13.2 Å². The van der Waals surface area contributed by atoms with E-state index in [1.807, 2.05) is 6.07 Å². The van der Waals surface area contributed by atoms with Crippen LogP contribution in [0.2, 0.25) is 0 Å². The second-order valence-corrected chi connectivity index (χ2v) is 8.09. The van der Waals surface area contributed by atoms with E-state index in [4.69, 9.17) is 0 Å². The van der Waals surface area contributed by atoms with Crippen molar-refractivity contribution in [1.29, 1.82) is 0 Å². The van der Waals surface area contributed by atoms with Crippen molar-refractivity contribution in [2.24, 2.45) is 0 Å².